The Hall–Kier alpha value is -0.900. The molecule has 0 aliphatic heterocycles. The molecule has 0 atom stereocenters. The number of pyridine rings is 1. The van der Waals surface area contributed by atoms with Crippen molar-refractivity contribution in [3.63, 3.8) is 0 Å². The fraction of sp³-hybridized carbons (Fsp3) is 0.143. The van der Waals surface area contributed by atoms with Crippen LogP contribution in [0.25, 0.3) is 0 Å². The van der Waals surface area contributed by atoms with E-state index in [1.54, 1.807) is 12.3 Å². The summed E-state index contributed by atoms with van der Waals surface area (Å²) in [7, 11) is 0. The lowest BCUT2D eigenvalue weighted by Crippen LogP contribution is -2.12. The highest BCUT2D eigenvalue weighted by molar-refractivity contribution is 9.10. The molecule has 1 heterocycles. The third-order valence-electron chi connectivity index (χ3n) is 1.30. The number of aryl methyl sites for hydroxylation is 1. The summed E-state index contributed by atoms with van der Waals surface area (Å²) in [5, 5.41) is 0. The Bertz CT molecular complexity index is 298. The van der Waals surface area contributed by atoms with Crippen LogP contribution in [0.15, 0.2) is 16.7 Å². The second-order valence-corrected chi connectivity index (χ2v) is 3.04. The molecule has 0 radical (unpaired) electrons. The zero-order valence-corrected chi connectivity index (χ0v) is 7.55. The van der Waals surface area contributed by atoms with Crippen LogP contribution in [0.3, 0.4) is 0 Å². The van der Waals surface area contributed by atoms with E-state index in [1.807, 2.05) is 6.92 Å². The molecule has 0 fully saturated rings. The van der Waals surface area contributed by atoms with Gasteiger partial charge in [0.15, 0.2) is 0 Å². The van der Waals surface area contributed by atoms with Crippen LogP contribution >= 0.6 is 15.9 Å². The standard InChI is InChI=1S/C7H7BrN2O/c1-4-2-6(7(9)11)10-3-5(4)8/h2-3H,1H3,(H2,9,11). The van der Waals surface area contributed by atoms with Gasteiger partial charge in [-0.25, -0.2) is 4.98 Å². The van der Waals surface area contributed by atoms with E-state index < -0.39 is 5.91 Å². The van der Waals surface area contributed by atoms with Crippen LogP contribution in [0.1, 0.15) is 16.1 Å². The molecule has 0 spiro atoms. The molecule has 1 amide bonds. The number of carbonyl (C=O) groups is 1. The summed E-state index contributed by atoms with van der Waals surface area (Å²) in [5.74, 6) is -0.499. The topological polar surface area (TPSA) is 56.0 Å². The van der Waals surface area contributed by atoms with Crippen molar-refractivity contribution < 1.29 is 4.79 Å². The van der Waals surface area contributed by atoms with Crippen LogP contribution in [0.5, 0.6) is 0 Å². The van der Waals surface area contributed by atoms with E-state index in [0.29, 0.717) is 5.69 Å². The van der Waals surface area contributed by atoms with Crippen LogP contribution in [-0.4, -0.2) is 10.9 Å². The Morgan fingerprint density at radius 2 is 2.36 bits per heavy atom. The minimum atomic E-state index is -0.499. The first-order valence-electron chi connectivity index (χ1n) is 3.03. The lowest BCUT2D eigenvalue weighted by molar-refractivity contribution is 0.0995. The predicted molar refractivity (Wildman–Crippen MR) is 45.2 cm³/mol. The van der Waals surface area contributed by atoms with Crippen LogP contribution in [-0.2, 0) is 0 Å². The minimum absolute atomic E-state index is 0.297. The Morgan fingerprint density at radius 3 is 2.82 bits per heavy atom. The van der Waals surface area contributed by atoms with Gasteiger partial charge in [-0.15, -0.1) is 0 Å². The number of nitrogens with zero attached hydrogens (tertiary/aromatic N) is 1. The molecule has 3 nitrogen and oxygen atoms in total. The summed E-state index contributed by atoms with van der Waals surface area (Å²) in [4.78, 5) is 14.4. The number of primary amides is 1. The number of carbonyl (C=O) groups excluding carboxylic acids is 1. The lowest BCUT2D eigenvalue weighted by atomic mass is 10.2. The van der Waals surface area contributed by atoms with Crippen molar-refractivity contribution in [2.24, 2.45) is 5.73 Å². The maximum absolute atomic E-state index is 10.6. The van der Waals surface area contributed by atoms with E-state index in [9.17, 15) is 4.79 Å². The summed E-state index contributed by atoms with van der Waals surface area (Å²) in [6, 6.07) is 1.65. The maximum atomic E-state index is 10.6. The summed E-state index contributed by atoms with van der Waals surface area (Å²) in [6.45, 7) is 1.87. The van der Waals surface area contributed by atoms with Crippen molar-refractivity contribution in [1.82, 2.24) is 4.98 Å². The largest absolute Gasteiger partial charge is 0.364 e. The van der Waals surface area contributed by atoms with Gasteiger partial charge in [-0.1, -0.05) is 0 Å². The van der Waals surface area contributed by atoms with E-state index in [1.165, 1.54) is 0 Å². The second-order valence-electron chi connectivity index (χ2n) is 2.18. The van der Waals surface area contributed by atoms with Gasteiger partial charge in [-0.05, 0) is 34.5 Å². The smallest absolute Gasteiger partial charge is 0.267 e. The summed E-state index contributed by atoms with van der Waals surface area (Å²) in [5.41, 5.74) is 6.27. The van der Waals surface area contributed by atoms with Gasteiger partial charge < -0.3 is 5.73 Å². The fourth-order valence-corrected chi connectivity index (χ4v) is 0.891. The molecule has 0 aromatic carbocycles. The third-order valence-corrected chi connectivity index (χ3v) is 2.13. The lowest BCUT2D eigenvalue weighted by Gasteiger charge is -1.98. The van der Waals surface area contributed by atoms with Gasteiger partial charge in [0, 0.05) is 10.7 Å². The van der Waals surface area contributed by atoms with Gasteiger partial charge in [-0.2, -0.15) is 0 Å². The predicted octanol–water partition coefficient (Wildman–Crippen LogP) is 1.25. The Balaban J connectivity index is 3.15. The summed E-state index contributed by atoms with van der Waals surface area (Å²) < 4.78 is 0.877. The van der Waals surface area contributed by atoms with Gasteiger partial charge in [-0.3, -0.25) is 4.79 Å². The highest BCUT2D eigenvalue weighted by Gasteiger charge is 2.02. The van der Waals surface area contributed by atoms with Crippen LogP contribution in [0, 0.1) is 6.92 Å². The number of amides is 1. The zero-order chi connectivity index (χ0) is 8.43. The van der Waals surface area contributed by atoms with Crippen molar-refractivity contribution >= 4 is 21.8 Å². The molecular formula is C7H7BrN2O. The van der Waals surface area contributed by atoms with Gasteiger partial charge in [0.25, 0.3) is 5.91 Å². The molecule has 1 aromatic rings. The Morgan fingerprint density at radius 1 is 1.73 bits per heavy atom. The minimum Gasteiger partial charge on any atom is -0.364 e. The first-order valence-corrected chi connectivity index (χ1v) is 3.82. The van der Waals surface area contributed by atoms with Crippen LogP contribution < -0.4 is 5.73 Å². The van der Waals surface area contributed by atoms with Crippen molar-refractivity contribution in [3.8, 4) is 0 Å². The van der Waals surface area contributed by atoms with Gasteiger partial charge in [0.05, 0.1) is 0 Å². The van der Waals surface area contributed by atoms with E-state index in [0.717, 1.165) is 10.0 Å². The molecule has 4 heteroatoms. The number of halogens is 1. The molecule has 0 saturated carbocycles. The number of nitrogens with two attached hydrogens (primary N) is 1. The van der Waals surface area contributed by atoms with E-state index >= 15 is 0 Å². The number of aromatic nitrogens is 1. The quantitative estimate of drug-likeness (QED) is 0.766. The zero-order valence-electron chi connectivity index (χ0n) is 5.97. The second kappa shape index (κ2) is 3.00. The molecule has 1 aromatic heterocycles. The van der Waals surface area contributed by atoms with E-state index in [4.69, 9.17) is 5.73 Å². The normalized spacial score (nSPS) is 9.64. The molecule has 11 heavy (non-hydrogen) atoms. The van der Waals surface area contributed by atoms with Crippen molar-refractivity contribution in [3.05, 3.63) is 28.0 Å². The molecule has 2 N–H and O–H groups in total. The molecule has 0 aliphatic rings. The van der Waals surface area contributed by atoms with Crippen molar-refractivity contribution in [2.75, 3.05) is 0 Å². The first-order chi connectivity index (χ1) is 5.11. The van der Waals surface area contributed by atoms with Crippen molar-refractivity contribution in [1.29, 1.82) is 0 Å². The average molecular weight is 215 g/mol. The summed E-state index contributed by atoms with van der Waals surface area (Å²) in [6.07, 6.45) is 1.56. The molecule has 1 rings (SSSR count). The maximum Gasteiger partial charge on any atom is 0.267 e. The fourth-order valence-electron chi connectivity index (χ4n) is 0.674. The molecular weight excluding hydrogens is 208 g/mol. The third kappa shape index (κ3) is 1.77. The SMILES string of the molecule is Cc1cc(C(N)=O)ncc1Br. The highest BCUT2D eigenvalue weighted by atomic mass is 79.9. The highest BCUT2D eigenvalue weighted by Crippen LogP contribution is 2.14. The molecule has 0 saturated heterocycles. The number of hydrogen-bond donors (Lipinski definition) is 1. The Kier molecular flexibility index (Phi) is 2.24. The number of hydrogen-bond acceptors (Lipinski definition) is 2. The van der Waals surface area contributed by atoms with Gasteiger partial charge >= 0.3 is 0 Å². The number of rotatable bonds is 1. The Labute approximate surface area is 72.7 Å². The van der Waals surface area contributed by atoms with Crippen LogP contribution in [0.4, 0.5) is 0 Å². The molecule has 58 valence electrons. The van der Waals surface area contributed by atoms with E-state index in [-0.39, 0.29) is 0 Å². The molecule has 0 aliphatic carbocycles. The van der Waals surface area contributed by atoms with E-state index in [2.05, 4.69) is 20.9 Å². The van der Waals surface area contributed by atoms with Crippen LogP contribution in [0.2, 0.25) is 0 Å². The monoisotopic (exact) mass is 214 g/mol. The van der Waals surface area contributed by atoms with Gasteiger partial charge in [0.2, 0.25) is 0 Å². The van der Waals surface area contributed by atoms with Crippen molar-refractivity contribution in [2.45, 2.75) is 6.92 Å². The summed E-state index contributed by atoms with van der Waals surface area (Å²) >= 11 is 3.26. The first kappa shape index (κ1) is 8.20. The molecule has 0 bridgehead atoms. The van der Waals surface area contributed by atoms with Gasteiger partial charge in [0.1, 0.15) is 5.69 Å². The average Bonchev–Trinajstić information content (AvgIpc) is 1.94. The molecule has 0 unspecified atom stereocenters.